The maximum Gasteiger partial charge on any atom is 0.256 e. The van der Waals surface area contributed by atoms with Gasteiger partial charge in [-0.15, -0.1) is 0 Å². The summed E-state index contributed by atoms with van der Waals surface area (Å²) in [4.78, 5) is 21.0. The van der Waals surface area contributed by atoms with Gasteiger partial charge in [0, 0.05) is 31.2 Å². The summed E-state index contributed by atoms with van der Waals surface area (Å²) in [6.07, 6.45) is 10.2. The van der Waals surface area contributed by atoms with E-state index in [-0.39, 0.29) is 5.91 Å². The average molecular weight is 322 g/mol. The smallest absolute Gasteiger partial charge is 0.256 e. The summed E-state index contributed by atoms with van der Waals surface area (Å²) >= 11 is 0. The lowest BCUT2D eigenvalue weighted by atomic mass is 9.93. The standard InChI is InChI=1S/C17H18N6O/c24-17(21-13-4-1-5-13)14-11-20-23-8-6-15(22-16(14)23)19-10-12-3-2-7-18-9-12/h2-3,6-9,11,13H,1,4-5,10H2,(H,19,22)(H,21,24). The van der Waals surface area contributed by atoms with E-state index in [2.05, 4.69) is 25.7 Å². The molecule has 2 N–H and O–H groups in total. The maximum absolute atomic E-state index is 12.4. The summed E-state index contributed by atoms with van der Waals surface area (Å²) < 4.78 is 1.62. The number of hydrogen-bond donors (Lipinski definition) is 2. The third kappa shape index (κ3) is 2.92. The highest BCUT2D eigenvalue weighted by Gasteiger charge is 2.22. The molecule has 7 heteroatoms. The third-order valence-electron chi connectivity index (χ3n) is 4.25. The fourth-order valence-corrected chi connectivity index (χ4v) is 2.64. The molecule has 4 rings (SSSR count). The summed E-state index contributed by atoms with van der Waals surface area (Å²) in [6.45, 7) is 0.620. The van der Waals surface area contributed by atoms with Crippen molar-refractivity contribution in [1.29, 1.82) is 0 Å². The molecule has 0 bridgehead atoms. The van der Waals surface area contributed by atoms with Gasteiger partial charge in [-0.1, -0.05) is 6.07 Å². The van der Waals surface area contributed by atoms with E-state index in [0.29, 0.717) is 29.6 Å². The van der Waals surface area contributed by atoms with Crippen molar-refractivity contribution < 1.29 is 4.79 Å². The second-order valence-corrected chi connectivity index (χ2v) is 5.96. The Balaban J connectivity index is 1.52. The lowest BCUT2D eigenvalue weighted by Gasteiger charge is -2.26. The SMILES string of the molecule is O=C(NC1CCC1)c1cnn2ccc(NCc3cccnc3)nc12. The molecule has 1 saturated carbocycles. The highest BCUT2D eigenvalue weighted by molar-refractivity contribution is 5.99. The number of rotatable bonds is 5. The molecular formula is C17H18N6O. The second kappa shape index (κ2) is 6.27. The van der Waals surface area contributed by atoms with E-state index in [9.17, 15) is 4.79 Å². The first-order chi connectivity index (χ1) is 11.8. The molecule has 0 aliphatic heterocycles. The van der Waals surface area contributed by atoms with E-state index in [1.165, 1.54) is 6.42 Å². The number of hydrogen-bond acceptors (Lipinski definition) is 5. The quantitative estimate of drug-likeness (QED) is 0.751. The lowest BCUT2D eigenvalue weighted by molar-refractivity contribution is 0.0918. The molecule has 0 aromatic carbocycles. The molecule has 0 spiro atoms. The van der Waals surface area contributed by atoms with Crippen molar-refractivity contribution in [2.45, 2.75) is 31.8 Å². The van der Waals surface area contributed by atoms with Gasteiger partial charge in [0.1, 0.15) is 11.4 Å². The van der Waals surface area contributed by atoms with Gasteiger partial charge in [0.2, 0.25) is 0 Å². The first kappa shape index (κ1) is 14.6. The van der Waals surface area contributed by atoms with Gasteiger partial charge in [-0.3, -0.25) is 9.78 Å². The van der Waals surface area contributed by atoms with Crippen molar-refractivity contribution in [3.8, 4) is 0 Å². The van der Waals surface area contributed by atoms with E-state index < -0.39 is 0 Å². The second-order valence-electron chi connectivity index (χ2n) is 5.96. The van der Waals surface area contributed by atoms with E-state index in [1.54, 1.807) is 23.1 Å². The molecule has 0 saturated heterocycles. The molecule has 24 heavy (non-hydrogen) atoms. The Morgan fingerprint density at radius 2 is 2.21 bits per heavy atom. The lowest BCUT2D eigenvalue weighted by Crippen LogP contribution is -2.39. The van der Waals surface area contributed by atoms with Gasteiger partial charge in [-0.05, 0) is 37.0 Å². The van der Waals surface area contributed by atoms with Gasteiger partial charge in [0.25, 0.3) is 5.91 Å². The van der Waals surface area contributed by atoms with Gasteiger partial charge in [0.15, 0.2) is 5.65 Å². The number of nitrogens with zero attached hydrogens (tertiary/aromatic N) is 4. The molecule has 1 amide bonds. The van der Waals surface area contributed by atoms with E-state index in [4.69, 9.17) is 0 Å². The third-order valence-corrected chi connectivity index (χ3v) is 4.25. The first-order valence-corrected chi connectivity index (χ1v) is 8.07. The number of carbonyl (C=O) groups excluding carboxylic acids is 1. The van der Waals surface area contributed by atoms with Crippen molar-refractivity contribution >= 4 is 17.4 Å². The zero-order valence-electron chi connectivity index (χ0n) is 13.1. The van der Waals surface area contributed by atoms with Crippen LogP contribution in [0.15, 0.2) is 43.0 Å². The zero-order valence-corrected chi connectivity index (χ0v) is 13.1. The molecule has 122 valence electrons. The number of carbonyl (C=O) groups is 1. The summed E-state index contributed by atoms with van der Waals surface area (Å²) in [5.74, 6) is 0.594. The number of aromatic nitrogens is 4. The summed E-state index contributed by atoms with van der Waals surface area (Å²) in [7, 11) is 0. The number of fused-ring (bicyclic) bond motifs is 1. The topological polar surface area (TPSA) is 84.2 Å². The molecule has 1 aliphatic carbocycles. The van der Waals surface area contributed by atoms with Crippen LogP contribution in [-0.2, 0) is 6.54 Å². The predicted octanol–water partition coefficient (Wildman–Crippen LogP) is 2.02. The minimum absolute atomic E-state index is 0.105. The number of nitrogens with one attached hydrogen (secondary N) is 2. The van der Waals surface area contributed by atoms with Crippen LogP contribution in [0.2, 0.25) is 0 Å². The Kier molecular flexibility index (Phi) is 3.82. The number of anilines is 1. The van der Waals surface area contributed by atoms with Crippen LogP contribution in [0.5, 0.6) is 0 Å². The molecule has 1 aliphatic rings. The molecule has 0 radical (unpaired) electrons. The van der Waals surface area contributed by atoms with Crippen LogP contribution in [0.3, 0.4) is 0 Å². The minimum Gasteiger partial charge on any atom is -0.366 e. The summed E-state index contributed by atoms with van der Waals surface area (Å²) in [5, 5.41) is 10.5. The molecule has 3 aromatic heterocycles. The van der Waals surface area contributed by atoms with Crippen molar-refractivity contribution in [3.63, 3.8) is 0 Å². The van der Waals surface area contributed by atoms with Gasteiger partial charge in [-0.25, -0.2) is 9.50 Å². The maximum atomic E-state index is 12.4. The molecule has 0 atom stereocenters. The fraction of sp³-hybridized carbons (Fsp3) is 0.294. The normalized spacial score (nSPS) is 14.3. The van der Waals surface area contributed by atoms with Crippen molar-refractivity contribution in [1.82, 2.24) is 24.9 Å². The van der Waals surface area contributed by atoms with Crippen molar-refractivity contribution in [3.05, 3.63) is 54.1 Å². The molecule has 1 fully saturated rings. The van der Waals surface area contributed by atoms with Crippen LogP contribution in [0.1, 0.15) is 35.2 Å². The number of pyridine rings is 1. The van der Waals surface area contributed by atoms with Crippen LogP contribution in [0.25, 0.3) is 5.65 Å². The van der Waals surface area contributed by atoms with Gasteiger partial charge < -0.3 is 10.6 Å². The van der Waals surface area contributed by atoms with Crippen LogP contribution < -0.4 is 10.6 Å². The zero-order chi connectivity index (χ0) is 16.4. The average Bonchev–Trinajstić information content (AvgIpc) is 3.00. The molecule has 3 aromatic rings. The minimum atomic E-state index is -0.105. The van der Waals surface area contributed by atoms with E-state index >= 15 is 0 Å². The van der Waals surface area contributed by atoms with Crippen LogP contribution in [-0.4, -0.2) is 31.5 Å². The Labute approximate surface area is 139 Å². The Bertz CT molecular complexity index is 856. The Hall–Kier alpha value is -2.96. The van der Waals surface area contributed by atoms with E-state index in [0.717, 1.165) is 18.4 Å². The van der Waals surface area contributed by atoms with Gasteiger partial charge in [-0.2, -0.15) is 5.10 Å². The highest BCUT2D eigenvalue weighted by atomic mass is 16.1. The van der Waals surface area contributed by atoms with Crippen LogP contribution in [0, 0.1) is 0 Å². The van der Waals surface area contributed by atoms with Crippen molar-refractivity contribution in [2.75, 3.05) is 5.32 Å². The van der Waals surface area contributed by atoms with Crippen molar-refractivity contribution in [2.24, 2.45) is 0 Å². The van der Waals surface area contributed by atoms with Crippen LogP contribution in [0.4, 0.5) is 5.82 Å². The molecular weight excluding hydrogens is 304 g/mol. The Morgan fingerprint density at radius 3 is 2.96 bits per heavy atom. The Morgan fingerprint density at radius 1 is 1.29 bits per heavy atom. The summed E-state index contributed by atoms with van der Waals surface area (Å²) in [6, 6.07) is 6.02. The monoisotopic (exact) mass is 322 g/mol. The van der Waals surface area contributed by atoms with Crippen LogP contribution >= 0.6 is 0 Å². The highest BCUT2D eigenvalue weighted by Crippen LogP contribution is 2.19. The van der Waals surface area contributed by atoms with Gasteiger partial charge >= 0.3 is 0 Å². The van der Waals surface area contributed by atoms with Gasteiger partial charge in [0.05, 0.1) is 6.20 Å². The predicted molar refractivity (Wildman–Crippen MR) is 89.7 cm³/mol. The largest absolute Gasteiger partial charge is 0.366 e. The fourth-order valence-electron chi connectivity index (χ4n) is 2.64. The first-order valence-electron chi connectivity index (χ1n) is 8.07. The molecule has 3 heterocycles. The van der Waals surface area contributed by atoms with E-state index in [1.807, 2.05) is 24.4 Å². The number of amides is 1. The molecule has 0 unspecified atom stereocenters. The summed E-state index contributed by atoms with van der Waals surface area (Å²) in [5.41, 5.74) is 2.13. The molecule has 7 nitrogen and oxygen atoms in total.